The highest BCUT2D eigenvalue weighted by Gasteiger charge is 2.10. The van der Waals surface area contributed by atoms with Crippen LogP contribution in [0, 0.1) is 0 Å². The number of allylic oxidation sites excluding steroid dienone is 1. The van der Waals surface area contributed by atoms with Crippen molar-refractivity contribution in [1.82, 2.24) is 10.3 Å². The fourth-order valence-corrected chi connectivity index (χ4v) is 3.42. The van der Waals surface area contributed by atoms with Gasteiger partial charge in [0, 0.05) is 25.0 Å². The number of methoxy groups -OCH3 is 2. The molecule has 1 heterocycles. The van der Waals surface area contributed by atoms with Crippen LogP contribution in [0.5, 0.6) is 11.5 Å². The number of amides is 1. The zero-order valence-corrected chi connectivity index (χ0v) is 17.2. The lowest BCUT2D eigenvalue weighted by atomic mass is 9.97. The summed E-state index contributed by atoms with van der Waals surface area (Å²) in [5.41, 5.74) is 3.76. The Hall–Kier alpha value is -3.02. The molecule has 6 heteroatoms. The Labute approximate surface area is 172 Å². The normalized spacial score (nSPS) is 13.4. The molecule has 0 atom stereocenters. The molecule has 1 amide bonds. The molecule has 2 aromatic rings. The first-order valence-electron chi connectivity index (χ1n) is 10.1. The summed E-state index contributed by atoms with van der Waals surface area (Å²) in [6.45, 7) is 1.25. The van der Waals surface area contributed by atoms with E-state index in [0.29, 0.717) is 30.3 Å². The number of nitrogens with zero attached hydrogens (tertiary/aromatic N) is 1. The van der Waals surface area contributed by atoms with E-state index in [0.717, 1.165) is 24.1 Å². The number of hydrogen-bond acceptors (Lipinski definition) is 5. The van der Waals surface area contributed by atoms with Gasteiger partial charge < -0.3 is 20.1 Å². The third kappa shape index (κ3) is 5.98. The van der Waals surface area contributed by atoms with E-state index in [1.165, 1.54) is 24.8 Å². The van der Waals surface area contributed by atoms with E-state index in [9.17, 15) is 4.79 Å². The number of nitrogens with one attached hydrogen (secondary N) is 2. The van der Waals surface area contributed by atoms with Crippen molar-refractivity contribution in [3.8, 4) is 11.5 Å². The van der Waals surface area contributed by atoms with Crippen LogP contribution in [-0.4, -0.2) is 31.7 Å². The molecule has 1 aliphatic carbocycles. The summed E-state index contributed by atoms with van der Waals surface area (Å²) in [6, 6.07) is 9.41. The summed E-state index contributed by atoms with van der Waals surface area (Å²) < 4.78 is 10.6. The smallest absolute Gasteiger partial charge is 0.269 e. The molecule has 6 nitrogen and oxygen atoms in total. The molecule has 1 aliphatic rings. The van der Waals surface area contributed by atoms with E-state index in [1.54, 1.807) is 26.5 Å². The minimum atomic E-state index is -0.142. The van der Waals surface area contributed by atoms with Crippen LogP contribution in [0.4, 0.5) is 5.69 Å². The van der Waals surface area contributed by atoms with Gasteiger partial charge in [-0.05, 0) is 61.9 Å². The van der Waals surface area contributed by atoms with Gasteiger partial charge in [-0.15, -0.1) is 0 Å². The Balaban J connectivity index is 1.53. The molecule has 0 unspecified atom stereocenters. The van der Waals surface area contributed by atoms with Gasteiger partial charge in [-0.2, -0.15) is 0 Å². The number of ether oxygens (including phenoxy) is 2. The summed E-state index contributed by atoms with van der Waals surface area (Å²) in [6.07, 6.45) is 9.74. The number of pyridine rings is 1. The van der Waals surface area contributed by atoms with Gasteiger partial charge in [-0.25, -0.2) is 0 Å². The molecule has 29 heavy (non-hydrogen) atoms. The van der Waals surface area contributed by atoms with Crippen molar-refractivity contribution in [2.45, 2.75) is 38.6 Å². The van der Waals surface area contributed by atoms with E-state index in [1.807, 2.05) is 24.3 Å². The molecular formula is C23H29N3O3. The second kappa shape index (κ2) is 10.5. The van der Waals surface area contributed by atoms with E-state index >= 15 is 0 Å². The number of rotatable bonds is 9. The third-order valence-electron chi connectivity index (χ3n) is 5.05. The number of carbonyl (C=O) groups is 1. The minimum Gasteiger partial charge on any atom is -0.493 e. The monoisotopic (exact) mass is 395 g/mol. The molecule has 0 aliphatic heterocycles. The van der Waals surface area contributed by atoms with Gasteiger partial charge >= 0.3 is 0 Å². The molecule has 0 bridgehead atoms. The Morgan fingerprint density at radius 3 is 2.72 bits per heavy atom. The van der Waals surface area contributed by atoms with Gasteiger partial charge in [0.15, 0.2) is 11.5 Å². The van der Waals surface area contributed by atoms with Crippen molar-refractivity contribution in [2.75, 3.05) is 26.1 Å². The van der Waals surface area contributed by atoms with Crippen LogP contribution < -0.4 is 20.1 Å². The van der Waals surface area contributed by atoms with Crippen molar-refractivity contribution in [2.24, 2.45) is 0 Å². The van der Waals surface area contributed by atoms with Crippen LogP contribution in [0.25, 0.3) is 0 Å². The number of aromatic nitrogens is 1. The predicted molar refractivity (Wildman–Crippen MR) is 115 cm³/mol. The van der Waals surface area contributed by atoms with Crippen molar-refractivity contribution >= 4 is 11.6 Å². The lowest BCUT2D eigenvalue weighted by Gasteiger charge is -2.13. The zero-order chi connectivity index (χ0) is 20.5. The highest BCUT2D eigenvalue weighted by molar-refractivity contribution is 5.93. The molecule has 1 aromatic heterocycles. The fourth-order valence-electron chi connectivity index (χ4n) is 3.42. The first-order chi connectivity index (χ1) is 14.2. The van der Waals surface area contributed by atoms with Crippen LogP contribution in [0.1, 0.15) is 48.2 Å². The second-order valence-electron chi connectivity index (χ2n) is 7.09. The summed E-state index contributed by atoms with van der Waals surface area (Å²) in [5.74, 6) is 1.24. The molecule has 3 rings (SSSR count). The molecular weight excluding hydrogens is 366 g/mol. The van der Waals surface area contributed by atoms with Gasteiger partial charge in [0.05, 0.1) is 14.2 Å². The summed E-state index contributed by atoms with van der Waals surface area (Å²) in [7, 11) is 3.24. The average Bonchev–Trinajstić information content (AvgIpc) is 2.78. The number of benzene rings is 1. The van der Waals surface area contributed by atoms with Crippen LogP contribution in [0.2, 0.25) is 0 Å². The summed E-state index contributed by atoms with van der Waals surface area (Å²) in [4.78, 5) is 16.6. The van der Waals surface area contributed by atoms with Crippen molar-refractivity contribution < 1.29 is 14.3 Å². The quantitative estimate of drug-likeness (QED) is 0.618. The van der Waals surface area contributed by atoms with Crippen LogP contribution in [0.3, 0.4) is 0 Å². The van der Waals surface area contributed by atoms with Gasteiger partial charge in [0.25, 0.3) is 5.91 Å². The van der Waals surface area contributed by atoms with E-state index in [4.69, 9.17) is 9.47 Å². The first kappa shape index (κ1) is 20.7. The Morgan fingerprint density at radius 1 is 1.10 bits per heavy atom. The minimum absolute atomic E-state index is 0.142. The average molecular weight is 396 g/mol. The van der Waals surface area contributed by atoms with E-state index < -0.39 is 0 Å². The summed E-state index contributed by atoms with van der Waals surface area (Å²) >= 11 is 0. The highest BCUT2D eigenvalue weighted by Crippen LogP contribution is 2.27. The second-order valence-corrected chi connectivity index (χ2v) is 7.09. The SMILES string of the molecule is COc1ccc(CNc2ccnc(C(=O)NCCC3=CCCCC3)c2)cc1OC. The maximum atomic E-state index is 12.4. The molecule has 2 N–H and O–H groups in total. The molecule has 0 radical (unpaired) electrons. The molecule has 0 saturated heterocycles. The van der Waals surface area contributed by atoms with Crippen LogP contribution in [-0.2, 0) is 6.54 Å². The maximum Gasteiger partial charge on any atom is 0.269 e. The topological polar surface area (TPSA) is 72.5 Å². The third-order valence-corrected chi connectivity index (χ3v) is 5.05. The molecule has 1 aromatic carbocycles. The largest absolute Gasteiger partial charge is 0.493 e. The van der Waals surface area contributed by atoms with E-state index in [-0.39, 0.29) is 5.91 Å². The predicted octanol–water partition coefficient (Wildman–Crippen LogP) is 4.33. The van der Waals surface area contributed by atoms with Gasteiger partial charge in [0.2, 0.25) is 0 Å². The lowest BCUT2D eigenvalue weighted by molar-refractivity contribution is 0.0949. The number of carbonyl (C=O) groups excluding carboxylic acids is 1. The highest BCUT2D eigenvalue weighted by atomic mass is 16.5. The Morgan fingerprint density at radius 2 is 1.97 bits per heavy atom. The lowest BCUT2D eigenvalue weighted by Crippen LogP contribution is -2.25. The van der Waals surface area contributed by atoms with E-state index in [2.05, 4.69) is 21.7 Å². The standard InChI is InChI=1S/C23H29N3O3/c1-28-21-9-8-18(14-22(21)29-2)16-26-19-11-13-24-20(15-19)23(27)25-12-10-17-6-4-3-5-7-17/h6,8-9,11,13-15H,3-5,7,10,12,16H2,1-2H3,(H,24,26)(H,25,27). The maximum absolute atomic E-state index is 12.4. The fraction of sp³-hybridized carbons (Fsp3) is 0.391. The number of anilines is 1. The molecule has 0 fully saturated rings. The van der Waals surface area contributed by atoms with Gasteiger partial charge in [-0.1, -0.05) is 17.7 Å². The number of hydrogen-bond donors (Lipinski definition) is 2. The molecule has 154 valence electrons. The van der Waals surface area contributed by atoms with Crippen molar-refractivity contribution in [3.05, 3.63) is 59.4 Å². The van der Waals surface area contributed by atoms with Crippen LogP contribution >= 0.6 is 0 Å². The van der Waals surface area contributed by atoms with Crippen molar-refractivity contribution in [3.63, 3.8) is 0 Å². The van der Waals surface area contributed by atoms with Gasteiger partial charge in [0.1, 0.15) is 5.69 Å². The van der Waals surface area contributed by atoms with Crippen molar-refractivity contribution in [1.29, 1.82) is 0 Å². The van der Waals surface area contributed by atoms with Crippen LogP contribution in [0.15, 0.2) is 48.2 Å². The molecule has 0 spiro atoms. The first-order valence-corrected chi connectivity index (χ1v) is 10.1. The summed E-state index contributed by atoms with van der Waals surface area (Å²) in [5, 5.41) is 6.30. The zero-order valence-electron chi connectivity index (χ0n) is 17.2. The Bertz CT molecular complexity index is 864. The Kier molecular flexibility index (Phi) is 7.50. The molecule has 0 saturated carbocycles. The van der Waals surface area contributed by atoms with Gasteiger partial charge in [-0.3, -0.25) is 9.78 Å².